The summed E-state index contributed by atoms with van der Waals surface area (Å²) in [6.45, 7) is 0.356. The predicted molar refractivity (Wildman–Crippen MR) is 126 cm³/mol. The third-order valence-electron chi connectivity index (χ3n) is 5.94. The molecule has 2 N–H and O–H groups in total. The van der Waals surface area contributed by atoms with Crippen LogP contribution in [0.15, 0.2) is 48.5 Å². The summed E-state index contributed by atoms with van der Waals surface area (Å²) >= 11 is 0. The molecule has 0 saturated heterocycles. The van der Waals surface area contributed by atoms with Gasteiger partial charge in [0.05, 0.1) is 0 Å². The van der Waals surface area contributed by atoms with Gasteiger partial charge in [0, 0.05) is 74.8 Å². The molecule has 35 heavy (non-hydrogen) atoms. The van der Waals surface area contributed by atoms with Crippen LogP contribution in [0.1, 0.15) is 41.9 Å². The molecule has 0 aliphatic heterocycles. The average Bonchev–Trinajstić information content (AvgIpc) is 3.27. The van der Waals surface area contributed by atoms with Gasteiger partial charge in [0.25, 0.3) is 0 Å². The van der Waals surface area contributed by atoms with Gasteiger partial charge < -0.3 is 5.32 Å². The van der Waals surface area contributed by atoms with Crippen molar-refractivity contribution in [1.29, 1.82) is 0 Å². The minimum absolute atomic E-state index is 0. The summed E-state index contributed by atoms with van der Waals surface area (Å²) in [7, 11) is 0. The van der Waals surface area contributed by atoms with Gasteiger partial charge in [0.2, 0.25) is 5.82 Å². The number of benzene rings is 2. The molecule has 7 nitrogen and oxygen atoms in total. The van der Waals surface area contributed by atoms with Gasteiger partial charge in [0.1, 0.15) is 5.82 Å². The third-order valence-corrected chi connectivity index (χ3v) is 5.94. The first kappa shape index (κ1) is 25.9. The maximum Gasteiger partial charge on any atom is 0.451 e. The minimum atomic E-state index is -4.58. The average molecular weight is 505 g/mol. The Morgan fingerprint density at radius 1 is 0.886 bits per heavy atom. The molecule has 0 atom stereocenters. The van der Waals surface area contributed by atoms with E-state index in [2.05, 4.69) is 35.9 Å². The van der Waals surface area contributed by atoms with E-state index in [1.165, 1.54) is 0 Å². The smallest absolute Gasteiger partial charge is 0.366 e. The minimum Gasteiger partial charge on any atom is -0.366 e. The quantitative estimate of drug-likeness (QED) is 0.298. The second-order valence-corrected chi connectivity index (χ2v) is 8.23. The first-order valence-electron chi connectivity index (χ1n) is 11.1. The van der Waals surface area contributed by atoms with Crippen LogP contribution in [0, 0.1) is 0 Å². The molecule has 2 aromatic carbocycles. The Kier molecular flexibility index (Phi) is 8.33. The number of H-pyrrole nitrogens is 1. The number of aromatic nitrogens is 6. The number of halogens is 3. The molecule has 0 saturated carbocycles. The molecule has 1 aliphatic rings. The van der Waals surface area contributed by atoms with Crippen molar-refractivity contribution in [1.82, 2.24) is 30.6 Å². The van der Waals surface area contributed by atoms with Crippen molar-refractivity contribution in [2.45, 2.75) is 44.8 Å². The largest absolute Gasteiger partial charge is 0.451 e. The van der Waals surface area contributed by atoms with Gasteiger partial charge in [-0.3, -0.25) is 0 Å². The van der Waals surface area contributed by atoms with E-state index >= 15 is 0 Å². The number of aryl methyl sites for hydroxylation is 1. The Morgan fingerprint density at radius 2 is 1.63 bits per heavy atom. The Morgan fingerprint density at radius 3 is 2.34 bits per heavy atom. The molecule has 11 heteroatoms. The summed E-state index contributed by atoms with van der Waals surface area (Å²) in [5.41, 5.74) is 5.06. The second kappa shape index (κ2) is 11.3. The second-order valence-electron chi connectivity index (χ2n) is 8.23. The fourth-order valence-corrected chi connectivity index (χ4v) is 4.25. The van der Waals surface area contributed by atoms with Crippen LogP contribution in [-0.4, -0.2) is 82.0 Å². The number of hydrogen-bond acceptors (Lipinski definition) is 6. The zero-order chi connectivity index (χ0) is 23.5. The van der Waals surface area contributed by atoms with Crippen LogP contribution < -0.4 is 5.32 Å². The number of tetrazole rings is 1. The fraction of sp³-hybridized carbons (Fsp3) is 0.292. The standard InChI is InChI=1S/C24H22F3N7.K/c25-24(26,27)23-29-20-9-3-1-2-8-19(20)21(30-23)28-14-15-10-12-16(13-11-15)17-6-4-5-7-18(17)22-31-33-34-32-22;/h4-7,10-13H,1-3,8-9,14H2,(H,28,29,30)(H,31,32,33,34);. The SMILES string of the molecule is FC(F)(F)c1nc2c(c(NCc3ccc(-c4ccccc4-c4nnn[nH]4)cc3)n1)CCCCC2.[K]. The molecule has 4 aromatic rings. The van der Waals surface area contributed by atoms with Gasteiger partial charge in [-0.15, -0.1) is 5.10 Å². The van der Waals surface area contributed by atoms with E-state index in [-0.39, 0.29) is 57.2 Å². The first-order chi connectivity index (χ1) is 16.5. The van der Waals surface area contributed by atoms with Gasteiger partial charge in [0.15, 0.2) is 5.82 Å². The Balaban J connectivity index is 0.00000289. The third kappa shape index (κ3) is 5.97. The molecule has 0 fully saturated rings. The normalized spacial score (nSPS) is 13.5. The molecular formula is C24H22F3KN7. The van der Waals surface area contributed by atoms with Crippen LogP contribution >= 0.6 is 0 Å². The maximum absolute atomic E-state index is 13.4. The Bertz CT molecular complexity index is 1280. The van der Waals surface area contributed by atoms with Gasteiger partial charge in [-0.05, 0) is 52.8 Å². The van der Waals surface area contributed by atoms with Crippen LogP contribution in [0.3, 0.4) is 0 Å². The first-order valence-corrected chi connectivity index (χ1v) is 11.1. The van der Waals surface area contributed by atoms with Crippen molar-refractivity contribution in [3.05, 3.63) is 71.2 Å². The molecule has 0 bridgehead atoms. The number of fused-ring (bicyclic) bond motifs is 1. The molecule has 2 aromatic heterocycles. The summed E-state index contributed by atoms with van der Waals surface area (Å²) in [6.07, 6.45) is -0.610. The van der Waals surface area contributed by atoms with E-state index in [4.69, 9.17) is 0 Å². The van der Waals surface area contributed by atoms with Crippen LogP contribution in [0.4, 0.5) is 19.0 Å². The van der Waals surface area contributed by atoms with E-state index < -0.39 is 12.0 Å². The van der Waals surface area contributed by atoms with Crippen molar-refractivity contribution in [2.75, 3.05) is 5.32 Å². The Hall–Kier alpha value is -2.18. The summed E-state index contributed by atoms with van der Waals surface area (Å²) in [6, 6.07) is 15.6. The summed E-state index contributed by atoms with van der Waals surface area (Å²) < 4.78 is 40.1. The van der Waals surface area contributed by atoms with E-state index in [1.807, 2.05) is 48.5 Å². The van der Waals surface area contributed by atoms with Gasteiger partial charge >= 0.3 is 6.18 Å². The molecular weight excluding hydrogens is 482 g/mol. The molecule has 1 aliphatic carbocycles. The van der Waals surface area contributed by atoms with E-state index in [1.54, 1.807) is 0 Å². The van der Waals surface area contributed by atoms with Gasteiger partial charge in [-0.25, -0.2) is 15.1 Å². The topological polar surface area (TPSA) is 92.3 Å². The molecule has 0 amide bonds. The number of hydrogen-bond donors (Lipinski definition) is 2. The molecule has 5 rings (SSSR count). The van der Waals surface area contributed by atoms with Crippen molar-refractivity contribution < 1.29 is 13.2 Å². The van der Waals surface area contributed by atoms with E-state index in [0.29, 0.717) is 30.9 Å². The number of rotatable bonds is 5. The summed E-state index contributed by atoms with van der Waals surface area (Å²) in [5.74, 6) is -0.220. The van der Waals surface area contributed by atoms with Gasteiger partial charge in [-0.1, -0.05) is 55.0 Å². The number of nitrogens with zero attached hydrogens (tertiary/aromatic N) is 5. The molecule has 2 heterocycles. The van der Waals surface area contributed by atoms with Crippen molar-refractivity contribution in [3.8, 4) is 22.5 Å². The summed E-state index contributed by atoms with van der Waals surface area (Å²) in [4.78, 5) is 7.69. The Labute approximate surface area is 242 Å². The van der Waals surface area contributed by atoms with E-state index in [0.717, 1.165) is 47.1 Å². The predicted octanol–water partition coefficient (Wildman–Crippen LogP) is 4.84. The molecule has 0 unspecified atom stereocenters. The molecule has 1 radical (unpaired) electrons. The van der Waals surface area contributed by atoms with Crippen LogP contribution in [0.5, 0.6) is 0 Å². The van der Waals surface area contributed by atoms with Crippen LogP contribution in [-0.2, 0) is 25.6 Å². The summed E-state index contributed by atoms with van der Waals surface area (Å²) in [5, 5.41) is 17.2. The fourth-order valence-electron chi connectivity index (χ4n) is 4.25. The van der Waals surface area contributed by atoms with Crippen molar-refractivity contribution in [2.24, 2.45) is 0 Å². The monoisotopic (exact) mass is 504 g/mol. The number of alkyl halides is 3. The van der Waals surface area contributed by atoms with Gasteiger partial charge in [-0.2, -0.15) is 13.2 Å². The zero-order valence-electron chi connectivity index (χ0n) is 19.2. The maximum atomic E-state index is 13.4. The number of aromatic amines is 1. The van der Waals surface area contributed by atoms with E-state index in [9.17, 15) is 13.2 Å². The van der Waals surface area contributed by atoms with Crippen molar-refractivity contribution >= 4 is 57.2 Å². The van der Waals surface area contributed by atoms with Crippen LogP contribution in [0.2, 0.25) is 0 Å². The van der Waals surface area contributed by atoms with Crippen LogP contribution in [0.25, 0.3) is 22.5 Å². The number of nitrogens with one attached hydrogen (secondary N) is 2. The number of anilines is 1. The van der Waals surface area contributed by atoms with Crippen molar-refractivity contribution in [3.63, 3.8) is 0 Å². The molecule has 175 valence electrons. The zero-order valence-corrected chi connectivity index (χ0v) is 22.4. The molecule has 0 spiro atoms.